The average molecular weight is 293 g/mol. The lowest BCUT2D eigenvalue weighted by atomic mass is 10.2. The number of rotatable bonds is 2. The van der Waals surface area contributed by atoms with E-state index in [0.29, 0.717) is 21.9 Å². The summed E-state index contributed by atoms with van der Waals surface area (Å²) in [7, 11) is 0. The number of hydrogen-bond donors (Lipinski definition) is 1. The van der Waals surface area contributed by atoms with Crippen molar-refractivity contribution in [2.24, 2.45) is 0 Å². The second-order valence-corrected chi connectivity index (χ2v) is 5.13. The SMILES string of the molecule is Fc1ccc2c(c1)[nH]c(=S)n2Cc1cccc(Cl)c1. The number of aromatic amines is 1. The molecule has 1 heterocycles. The van der Waals surface area contributed by atoms with Crippen molar-refractivity contribution in [3.63, 3.8) is 0 Å². The van der Waals surface area contributed by atoms with Crippen LogP contribution in [0.25, 0.3) is 11.0 Å². The van der Waals surface area contributed by atoms with E-state index in [1.165, 1.54) is 12.1 Å². The molecule has 0 saturated heterocycles. The number of nitrogens with zero attached hydrogens (tertiary/aromatic N) is 1. The van der Waals surface area contributed by atoms with E-state index in [9.17, 15) is 4.39 Å². The maximum absolute atomic E-state index is 13.2. The van der Waals surface area contributed by atoms with Gasteiger partial charge in [-0.2, -0.15) is 0 Å². The third kappa shape index (κ3) is 2.41. The summed E-state index contributed by atoms with van der Waals surface area (Å²) in [5.41, 5.74) is 2.63. The number of halogens is 2. The van der Waals surface area contributed by atoms with Gasteiger partial charge in [-0.15, -0.1) is 0 Å². The Labute approximate surface area is 119 Å². The van der Waals surface area contributed by atoms with Crippen molar-refractivity contribution < 1.29 is 4.39 Å². The molecule has 1 aromatic heterocycles. The molecule has 0 saturated carbocycles. The van der Waals surface area contributed by atoms with E-state index in [4.69, 9.17) is 23.8 Å². The average Bonchev–Trinajstić information content (AvgIpc) is 2.65. The second kappa shape index (κ2) is 4.79. The van der Waals surface area contributed by atoms with Gasteiger partial charge in [0.05, 0.1) is 17.6 Å². The van der Waals surface area contributed by atoms with Crippen molar-refractivity contribution in [1.82, 2.24) is 9.55 Å². The fraction of sp³-hybridized carbons (Fsp3) is 0.0714. The molecule has 3 rings (SSSR count). The van der Waals surface area contributed by atoms with Crippen molar-refractivity contribution in [2.45, 2.75) is 6.54 Å². The van der Waals surface area contributed by atoms with Gasteiger partial charge in [-0.3, -0.25) is 0 Å². The van der Waals surface area contributed by atoms with Crippen LogP contribution >= 0.6 is 23.8 Å². The minimum absolute atomic E-state index is 0.279. The lowest BCUT2D eigenvalue weighted by Crippen LogP contribution is -1.99. The maximum Gasteiger partial charge on any atom is 0.178 e. The highest BCUT2D eigenvalue weighted by Gasteiger charge is 2.06. The summed E-state index contributed by atoms with van der Waals surface area (Å²) < 4.78 is 15.7. The first-order valence-corrected chi connectivity index (χ1v) is 6.54. The van der Waals surface area contributed by atoms with Gasteiger partial charge in [0.2, 0.25) is 0 Å². The van der Waals surface area contributed by atoms with Gasteiger partial charge in [-0.1, -0.05) is 23.7 Å². The predicted octanol–water partition coefficient (Wildman–Crippen LogP) is 4.54. The third-order valence-electron chi connectivity index (χ3n) is 2.97. The zero-order valence-corrected chi connectivity index (χ0v) is 11.4. The minimum atomic E-state index is -0.279. The van der Waals surface area contributed by atoms with Gasteiger partial charge in [-0.05, 0) is 48.1 Å². The van der Waals surface area contributed by atoms with Crippen molar-refractivity contribution in [3.05, 3.63) is 63.6 Å². The van der Waals surface area contributed by atoms with E-state index in [1.807, 2.05) is 28.8 Å². The number of nitrogens with one attached hydrogen (secondary N) is 1. The highest BCUT2D eigenvalue weighted by molar-refractivity contribution is 7.71. The van der Waals surface area contributed by atoms with E-state index in [1.54, 1.807) is 6.07 Å². The topological polar surface area (TPSA) is 20.7 Å². The van der Waals surface area contributed by atoms with Crippen LogP contribution in [0.1, 0.15) is 5.56 Å². The third-order valence-corrected chi connectivity index (χ3v) is 3.52. The molecule has 2 aromatic carbocycles. The van der Waals surface area contributed by atoms with E-state index in [0.717, 1.165) is 11.1 Å². The first kappa shape index (κ1) is 12.4. The van der Waals surface area contributed by atoms with Crippen LogP contribution in [0.5, 0.6) is 0 Å². The Balaban J connectivity index is 2.10. The largest absolute Gasteiger partial charge is 0.330 e. The fourth-order valence-corrected chi connectivity index (χ4v) is 2.60. The number of H-pyrrole nitrogens is 1. The molecule has 3 aromatic rings. The Bertz CT molecular complexity index is 807. The molecule has 0 unspecified atom stereocenters. The summed E-state index contributed by atoms with van der Waals surface area (Å²) in [6, 6.07) is 12.2. The van der Waals surface area contributed by atoms with Crippen LogP contribution in [0, 0.1) is 10.6 Å². The zero-order valence-electron chi connectivity index (χ0n) is 9.86. The monoisotopic (exact) mass is 292 g/mol. The summed E-state index contributed by atoms with van der Waals surface area (Å²) in [6.45, 7) is 0.602. The highest BCUT2D eigenvalue weighted by Crippen LogP contribution is 2.18. The zero-order chi connectivity index (χ0) is 13.4. The maximum atomic E-state index is 13.2. The van der Waals surface area contributed by atoms with Crippen LogP contribution < -0.4 is 0 Å². The molecule has 0 radical (unpaired) electrons. The Morgan fingerprint density at radius 1 is 1.21 bits per heavy atom. The van der Waals surface area contributed by atoms with Gasteiger partial charge < -0.3 is 9.55 Å². The Kier molecular flexibility index (Phi) is 3.12. The standard InChI is InChI=1S/C14H10ClFN2S/c15-10-3-1-2-9(6-10)8-18-13-5-4-11(16)7-12(13)17-14(18)19/h1-7H,8H2,(H,17,19). The molecular formula is C14H10ClFN2S. The van der Waals surface area contributed by atoms with Crippen LogP contribution in [0.2, 0.25) is 5.02 Å². The van der Waals surface area contributed by atoms with Gasteiger partial charge in [0.25, 0.3) is 0 Å². The second-order valence-electron chi connectivity index (χ2n) is 4.31. The van der Waals surface area contributed by atoms with Crippen LogP contribution in [0.3, 0.4) is 0 Å². The molecule has 0 bridgehead atoms. The van der Waals surface area contributed by atoms with Crippen LogP contribution in [-0.4, -0.2) is 9.55 Å². The lowest BCUT2D eigenvalue weighted by molar-refractivity contribution is 0.629. The number of imidazole rings is 1. The van der Waals surface area contributed by atoms with Crippen molar-refractivity contribution in [1.29, 1.82) is 0 Å². The van der Waals surface area contributed by atoms with Crippen molar-refractivity contribution >= 4 is 34.9 Å². The molecule has 0 amide bonds. The Hall–Kier alpha value is -1.65. The van der Waals surface area contributed by atoms with Gasteiger partial charge in [0.1, 0.15) is 5.82 Å². The minimum Gasteiger partial charge on any atom is -0.330 e. The molecule has 0 aliphatic rings. The molecule has 1 N–H and O–H groups in total. The first-order chi connectivity index (χ1) is 9.13. The van der Waals surface area contributed by atoms with Gasteiger partial charge >= 0.3 is 0 Å². The molecule has 5 heteroatoms. The summed E-state index contributed by atoms with van der Waals surface area (Å²) in [5.74, 6) is -0.279. The molecule has 96 valence electrons. The van der Waals surface area contributed by atoms with Gasteiger partial charge in [-0.25, -0.2) is 4.39 Å². The van der Waals surface area contributed by atoms with Crippen LogP contribution in [0.15, 0.2) is 42.5 Å². The van der Waals surface area contributed by atoms with Gasteiger partial charge in [0, 0.05) is 5.02 Å². The fourth-order valence-electron chi connectivity index (χ4n) is 2.11. The Morgan fingerprint density at radius 2 is 2.05 bits per heavy atom. The molecule has 0 spiro atoms. The van der Waals surface area contributed by atoms with Crippen LogP contribution in [0.4, 0.5) is 4.39 Å². The predicted molar refractivity (Wildman–Crippen MR) is 77.6 cm³/mol. The summed E-state index contributed by atoms with van der Waals surface area (Å²) >= 11 is 11.3. The molecular weight excluding hydrogens is 283 g/mol. The van der Waals surface area contributed by atoms with Gasteiger partial charge in [0.15, 0.2) is 4.77 Å². The molecule has 0 fully saturated rings. The Morgan fingerprint density at radius 3 is 2.84 bits per heavy atom. The molecule has 0 atom stereocenters. The number of aromatic nitrogens is 2. The lowest BCUT2D eigenvalue weighted by Gasteiger charge is -2.05. The first-order valence-electron chi connectivity index (χ1n) is 5.76. The summed E-state index contributed by atoms with van der Waals surface area (Å²) in [5, 5.41) is 0.690. The quantitative estimate of drug-likeness (QED) is 0.688. The summed E-state index contributed by atoms with van der Waals surface area (Å²) in [4.78, 5) is 3.01. The summed E-state index contributed by atoms with van der Waals surface area (Å²) in [6.07, 6.45) is 0. The molecule has 19 heavy (non-hydrogen) atoms. The van der Waals surface area contributed by atoms with Crippen molar-refractivity contribution in [3.8, 4) is 0 Å². The molecule has 2 nitrogen and oxygen atoms in total. The van der Waals surface area contributed by atoms with E-state index >= 15 is 0 Å². The molecule has 0 aliphatic carbocycles. The number of benzene rings is 2. The van der Waals surface area contributed by atoms with Crippen LogP contribution in [-0.2, 0) is 6.54 Å². The normalized spacial score (nSPS) is 11.1. The van der Waals surface area contributed by atoms with E-state index in [2.05, 4.69) is 4.98 Å². The van der Waals surface area contributed by atoms with E-state index < -0.39 is 0 Å². The number of hydrogen-bond acceptors (Lipinski definition) is 1. The number of fused-ring (bicyclic) bond motifs is 1. The highest BCUT2D eigenvalue weighted by atomic mass is 35.5. The smallest absolute Gasteiger partial charge is 0.178 e. The van der Waals surface area contributed by atoms with Crippen molar-refractivity contribution in [2.75, 3.05) is 0 Å². The molecule has 0 aliphatic heterocycles. The van der Waals surface area contributed by atoms with E-state index in [-0.39, 0.29) is 5.82 Å².